The van der Waals surface area contributed by atoms with Gasteiger partial charge in [-0.3, -0.25) is 4.79 Å². The van der Waals surface area contributed by atoms with Crippen molar-refractivity contribution in [2.75, 3.05) is 53.6 Å². The average Bonchev–Trinajstić information content (AvgIpc) is 3.22. The van der Waals surface area contributed by atoms with Crippen molar-refractivity contribution in [1.29, 1.82) is 0 Å². The van der Waals surface area contributed by atoms with Crippen molar-refractivity contribution in [1.82, 2.24) is 15.5 Å². The maximum Gasteiger partial charge on any atom is 0.253 e. The summed E-state index contributed by atoms with van der Waals surface area (Å²) in [6.45, 7) is 7.45. The first-order valence-corrected chi connectivity index (χ1v) is 10.1. The molecule has 1 atom stereocenters. The first kappa shape index (κ1) is 25.6. The Kier molecular flexibility index (Phi) is 12.9. The fourth-order valence-electron chi connectivity index (χ4n) is 2.87. The van der Waals surface area contributed by atoms with Crippen LogP contribution >= 0.6 is 24.0 Å². The number of ether oxygens (including phenoxy) is 2. The SMILES string of the molecule is CCNC(=NCc1ccc(C(=O)N(C)C)cc1)NCCCOCC1CCOC1.I. The van der Waals surface area contributed by atoms with Gasteiger partial charge >= 0.3 is 0 Å². The number of guanidine groups is 1. The molecule has 1 fully saturated rings. The van der Waals surface area contributed by atoms with Gasteiger partial charge in [0.2, 0.25) is 0 Å². The van der Waals surface area contributed by atoms with Gasteiger partial charge in [-0.15, -0.1) is 24.0 Å². The predicted octanol–water partition coefficient (Wildman–Crippen LogP) is 2.50. The minimum atomic E-state index is 0. The third-order valence-electron chi connectivity index (χ3n) is 4.51. The van der Waals surface area contributed by atoms with Crippen LogP contribution in [0.1, 0.15) is 35.7 Å². The number of hydrogen-bond donors (Lipinski definition) is 2. The monoisotopic (exact) mass is 518 g/mol. The standard InChI is InChI=1S/C21H34N4O3.HI/c1-4-22-21(23-11-5-12-27-15-18-10-13-28-16-18)24-14-17-6-8-19(9-7-17)20(26)25(2)3;/h6-9,18H,4-5,10-16H2,1-3H3,(H2,22,23,24);1H. The second kappa shape index (κ2) is 14.6. The van der Waals surface area contributed by atoms with Gasteiger partial charge in [0, 0.05) is 51.9 Å². The number of amides is 1. The first-order chi connectivity index (χ1) is 13.6. The fourth-order valence-corrected chi connectivity index (χ4v) is 2.87. The summed E-state index contributed by atoms with van der Waals surface area (Å²) < 4.78 is 11.1. The zero-order valence-corrected chi connectivity index (χ0v) is 20.1. The smallest absolute Gasteiger partial charge is 0.253 e. The van der Waals surface area contributed by atoms with Crippen LogP contribution in [0.2, 0.25) is 0 Å². The van der Waals surface area contributed by atoms with E-state index in [0.717, 1.165) is 63.9 Å². The van der Waals surface area contributed by atoms with Gasteiger partial charge in [0.25, 0.3) is 5.91 Å². The maximum absolute atomic E-state index is 11.9. The molecule has 0 saturated carbocycles. The van der Waals surface area contributed by atoms with Crippen LogP contribution in [-0.4, -0.2) is 70.4 Å². The molecular formula is C21H35IN4O3. The molecule has 1 aromatic rings. The third-order valence-corrected chi connectivity index (χ3v) is 4.51. The van der Waals surface area contributed by atoms with Gasteiger partial charge < -0.3 is 25.0 Å². The molecule has 29 heavy (non-hydrogen) atoms. The summed E-state index contributed by atoms with van der Waals surface area (Å²) in [4.78, 5) is 18.1. The van der Waals surface area contributed by atoms with Crippen LogP contribution in [0.4, 0.5) is 0 Å². The molecule has 164 valence electrons. The topological polar surface area (TPSA) is 75.2 Å². The zero-order chi connectivity index (χ0) is 20.2. The van der Waals surface area contributed by atoms with Crippen molar-refractivity contribution in [3.63, 3.8) is 0 Å². The van der Waals surface area contributed by atoms with Crippen molar-refractivity contribution < 1.29 is 14.3 Å². The van der Waals surface area contributed by atoms with Gasteiger partial charge in [-0.1, -0.05) is 12.1 Å². The molecule has 1 aliphatic heterocycles. The summed E-state index contributed by atoms with van der Waals surface area (Å²) in [6, 6.07) is 7.59. The van der Waals surface area contributed by atoms with Gasteiger partial charge in [-0.25, -0.2) is 4.99 Å². The average molecular weight is 518 g/mol. The van der Waals surface area contributed by atoms with Gasteiger partial charge in [0.05, 0.1) is 19.8 Å². The lowest BCUT2D eigenvalue weighted by Gasteiger charge is -2.13. The lowest BCUT2D eigenvalue weighted by atomic mass is 10.1. The molecule has 1 aromatic carbocycles. The second-order valence-electron chi connectivity index (χ2n) is 7.18. The van der Waals surface area contributed by atoms with Crippen LogP contribution in [0.5, 0.6) is 0 Å². The molecule has 0 aliphatic carbocycles. The number of benzene rings is 1. The highest BCUT2D eigenvalue weighted by Crippen LogP contribution is 2.12. The van der Waals surface area contributed by atoms with E-state index in [4.69, 9.17) is 9.47 Å². The van der Waals surface area contributed by atoms with E-state index >= 15 is 0 Å². The maximum atomic E-state index is 11.9. The fraction of sp³-hybridized carbons (Fsp3) is 0.619. The minimum Gasteiger partial charge on any atom is -0.381 e. The summed E-state index contributed by atoms with van der Waals surface area (Å²) in [5, 5.41) is 6.59. The lowest BCUT2D eigenvalue weighted by Crippen LogP contribution is -2.38. The van der Waals surface area contributed by atoms with Crippen LogP contribution in [0, 0.1) is 5.92 Å². The van der Waals surface area contributed by atoms with Crippen LogP contribution in [-0.2, 0) is 16.0 Å². The van der Waals surface area contributed by atoms with Crippen molar-refractivity contribution in [2.45, 2.75) is 26.3 Å². The van der Waals surface area contributed by atoms with Crippen molar-refractivity contribution in [3.05, 3.63) is 35.4 Å². The number of nitrogens with zero attached hydrogens (tertiary/aromatic N) is 2. The predicted molar refractivity (Wildman–Crippen MR) is 127 cm³/mol. The molecule has 0 aromatic heterocycles. The number of carbonyl (C=O) groups is 1. The van der Waals surface area contributed by atoms with Gasteiger partial charge in [-0.05, 0) is 37.5 Å². The first-order valence-electron chi connectivity index (χ1n) is 10.1. The van der Waals surface area contributed by atoms with Gasteiger partial charge in [-0.2, -0.15) is 0 Å². The van der Waals surface area contributed by atoms with Crippen LogP contribution in [0.15, 0.2) is 29.3 Å². The number of carbonyl (C=O) groups excluding carboxylic acids is 1. The number of aliphatic imine (C=N–C) groups is 1. The van der Waals surface area contributed by atoms with Crippen molar-refractivity contribution >= 4 is 35.8 Å². The Morgan fingerprint density at radius 1 is 1.28 bits per heavy atom. The van der Waals surface area contributed by atoms with Crippen LogP contribution in [0.25, 0.3) is 0 Å². The van der Waals surface area contributed by atoms with Gasteiger partial charge in [0.15, 0.2) is 5.96 Å². The molecule has 1 saturated heterocycles. The molecule has 2 N–H and O–H groups in total. The molecule has 0 spiro atoms. The van der Waals surface area contributed by atoms with E-state index in [1.54, 1.807) is 19.0 Å². The van der Waals surface area contributed by atoms with E-state index in [-0.39, 0.29) is 29.9 Å². The Balaban J connectivity index is 0.00000420. The Morgan fingerprint density at radius 2 is 2.03 bits per heavy atom. The lowest BCUT2D eigenvalue weighted by molar-refractivity contribution is 0.0827. The Morgan fingerprint density at radius 3 is 2.66 bits per heavy atom. The molecule has 1 heterocycles. The summed E-state index contributed by atoms with van der Waals surface area (Å²) in [5.41, 5.74) is 1.75. The van der Waals surface area contributed by atoms with Crippen molar-refractivity contribution in [3.8, 4) is 0 Å². The van der Waals surface area contributed by atoms with E-state index < -0.39 is 0 Å². The van der Waals surface area contributed by atoms with E-state index in [1.807, 2.05) is 31.2 Å². The quantitative estimate of drug-likeness (QED) is 0.216. The largest absolute Gasteiger partial charge is 0.381 e. The van der Waals surface area contributed by atoms with Crippen LogP contribution in [0.3, 0.4) is 0 Å². The highest BCUT2D eigenvalue weighted by Gasteiger charge is 2.15. The minimum absolute atomic E-state index is 0. The highest BCUT2D eigenvalue weighted by molar-refractivity contribution is 14.0. The molecule has 0 bridgehead atoms. The van der Waals surface area contributed by atoms with E-state index in [1.165, 1.54) is 0 Å². The summed E-state index contributed by atoms with van der Waals surface area (Å²) >= 11 is 0. The van der Waals surface area contributed by atoms with E-state index in [0.29, 0.717) is 18.0 Å². The Hall–Kier alpha value is -1.39. The summed E-state index contributed by atoms with van der Waals surface area (Å²) in [5.74, 6) is 1.36. The second-order valence-corrected chi connectivity index (χ2v) is 7.18. The molecule has 8 heteroatoms. The molecule has 0 radical (unpaired) electrons. The number of rotatable bonds is 10. The zero-order valence-electron chi connectivity index (χ0n) is 17.8. The molecule has 1 aliphatic rings. The molecular weight excluding hydrogens is 483 g/mol. The normalized spacial score (nSPS) is 16.2. The molecule has 7 nitrogen and oxygen atoms in total. The third kappa shape index (κ3) is 9.77. The highest BCUT2D eigenvalue weighted by atomic mass is 127. The number of hydrogen-bond acceptors (Lipinski definition) is 4. The molecule has 1 amide bonds. The van der Waals surface area contributed by atoms with E-state index in [9.17, 15) is 4.79 Å². The van der Waals surface area contributed by atoms with Gasteiger partial charge in [0.1, 0.15) is 0 Å². The number of nitrogens with one attached hydrogen (secondary N) is 2. The summed E-state index contributed by atoms with van der Waals surface area (Å²) in [7, 11) is 3.51. The Labute approximate surface area is 191 Å². The van der Waals surface area contributed by atoms with E-state index in [2.05, 4.69) is 15.6 Å². The van der Waals surface area contributed by atoms with Crippen molar-refractivity contribution in [2.24, 2.45) is 10.9 Å². The Bertz CT molecular complexity index is 617. The molecule has 1 unspecified atom stereocenters. The van der Waals surface area contributed by atoms with Crippen LogP contribution < -0.4 is 10.6 Å². The molecule has 2 rings (SSSR count). The number of halogens is 1. The summed E-state index contributed by atoms with van der Waals surface area (Å²) in [6.07, 6.45) is 2.04.